The largest absolute Gasteiger partial charge is 0.355 e. The lowest BCUT2D eigenvalue weighted by molar-refractivity contribution is -0.122. The highest BCUT2D eigenvalue weighted by Crippen LogP contribution is 2.31. The zero-order valence-electron chi connectivity index (χ0n) is 14.7. The van der Waals surface area contributed by atoms with Crippen LogP contribution >= 0.6 is 11.3 Å². The fourth-order valence-corrected chi connectivity index (χ4v) is 4.35. The van der Waals surface area contributed by atoms with Crippen molar-refractivity contribution in [2.24, 2.45) is 0 Å². The van der Waals surface area contributed by atoms with Crippen molar-refractivity contribution in [1.29, 1.82) is 0 Å². The number of rotatable bonds is 6. The van der Waals surface area contributed by atoms with E-state index in [9.17, 15) is 4.79 Å². The Kier molecular flexibility index (Phi) is 5.18. The standard InChI is InChI=1S/C21H23N3OS/c25-20(22-11-10-18-8-5-15-26-18)16-24-14-13-23-12-4-9-19(23)21(24)17-6-2-1-3-7-17/h1-9,12,15,21H,10-11,13-14,16H2,(H,22,25). The van der Waals surface area contributed by atoms with Crippen LogP contribution in [0.25, 0.3) is 0 Å². The van der Waals surface area contributed by atoms with Gasteiger partial charge in [0, 0.05) is 36.4 Å². The van der Waals surface area contributed by atoms with Gasteiger partial charge in [0.1, 0.15) is 0 Å². The Hall–Kier alpha value is -2.37. The molecule has 1 aromatic carbocycles. The highest BCUT2D eigenvalue weighted by molar-refractivity contribution is 7.09. The van der Waals surface area contributed by atoms with Gasteiger partial charge in [-0.05, 0) is 35.6 Å². The van der Waals surface area contributed by atoms with Gasteiger partial charge in [-0.25, -0.2) is 0 Å². The molecule has 1 aliphatic heterocycles. The molecule has 1 N–H and O–H groups in total. The van der Waals surface area contributed by atoms with E-state index in [2.05, 4.69) is 74.9 Å². The summed E-state index contributed by atoms with van der Waals surface area (Å²) in [5.74, 6) is 0.0995. The minimum atomic E-state index is 0.0995. The van der Waals surface area contributed by atoms with Crippen LogP contribution in [0.3, 0.4) is 0 Å². The molecule has 5 heteroatoms. The van der Waals surface area contributed by atoms with E-state index in [0.717, 1.165) is 19.5 Å². The molecule has 0 saturated heterocycles. The van der Waals surface area contributed by atoms with E-state index in [4.69, 9.17) is 0 Å². The number of carbonyl (C=O) groups excluding carboxylic acids is 1. The highest BCUT2D eigenvalue weighted by Gasteiger charge is 2.29. The van der Waals surface area contributed by atoms with Crippen molar-refractivity contribution in [3.05, 3.63) is 82.3 Å². The number of hydrogen-bond donors (Lipinski definition) is 1. The Morgan fingerprint density at radius 2 is 1.96 bits per heavy atom. The lowest BCUT2D eigenvalue weighted by Gasteiger charge is -2.36. The molecule has 3 heterocycles. The van der Waals surface area contributed by atoms with Gasteiger partial charge in [-0.3, -0.25) is 9.69 Å². The van der Waals surface area contributed by atoms with Gasteiger partial charge in [-0.15, -0.1) is 11.3 Å². The third-order valence-corrected chi connectivity index (χ3v) is 5.81. The van der Waals surface area contributed by atoms with Crippen LogP contribution in [0.15, 0.2) is 66.2 Å². The second-order valence-corrected chi connectivity index (χ2v) is 7.62. The molecule has 1 atom stereocenters. The molecule has 0 radical (unpaired) electrons. The number of amides is 1. The zero-order valence-corrected chi connectivity index (χ0v) is 15.5. The monoisotopic (exact) mass is 365 g/mol. The molecule has 1 aliphatic rings. The van der Waals surface area contributed by atoms with Gasteiger partial charge < -0.3 is 9.88 Å². The fraction of sp³-hybridized carbons (Fsp3) is 0.286. The van der Waals surface area contributed by atoms with E-state index in [1.165, 1.54) is 16.1 Å². The summed E-state index contributed by atoms with van der Waals surface area (Å²) >= 11 is 1.74. The number of nitrogens with one attached hydrogen (secondary N) is 1. The molecule has 0 bridgehead atoms. The summed E-state index contributed by atoms with van der Waals surface area (Å²) in [5.41, 5.74) is 2.49. The zero-order chi connectivity index (χ0) is 17.8. The van der Waals surface area contributed by atoms with E-state index in [-0.39, 0.29) is 11.9 Å². The summed E-state index contributed by atoms with van der Waals surface area (Å²) < 4.78 is 2.29. The molecular weight excluding hydrogens is 342 g/mol. The summed E-state index contributed by atoms with van der Waals surface area (Å²) in [5, 5.41) is 5.15. The van der Waals surface area contributed by atoms with Crippen molar-refractivity contribution < 1.29 is 4.79 Å². The first kappa shape index (κ1) is 17.1. The summed E-state index contributed by atoms with van der Waals surface area (Å²) in [6.07, 6.45) is 3.03. The van der Waals surface area contributed by atoms with E-state index in [0.29, 0.717) is 13.1 Å². The predicted molar refractivity (Wildman–Crippen MR) is 105 cm³/mol. The third kappa shape index (κ3) is 3.74. The second kappa shape index (κ2) is 7.89. The summed E-state index contributed by atoms with van der Waals surface area (Å²) in [6.45, 7) is 2.92. The summed E-state index contributed by atoms with van der Waals surface area (Å²) in [6, 6.07) is 19.0. The Balaban J connectivity index is 1.43. The normalized spacial score (nSPS) is 17.0. The Morgan fingerprint density at radius 3 is 2.77 bits per heavy atom. The first-order valence-corrected chi connectivity index (χ1v) is 9.92. The fourth-order valence-electron chi connectivity index (χ4n) is 3.64. The number of hydrogen-bond acceptors (Lipinski definition) is 3. The van der Waals surface area contributed by atoms with Crippen molar-refractivity contribution >= 4 is 17.2 Å². The molecule has 1 amide bonds. The molecule has 0 saturated carbocycles. The molecule has 2 aromatic heterocycles. The Labute approximate surface area is 158 Å². The van der Waals surface area contributed by atoms with Crippen molar-refractivity contribution in [2.45, 2.75) is 19.0 Å². The van der Waals surface area contributed by atoms with Gasteiger partial charge in [-0.2, -0.15) is 0 Å². The average Bonchev–Trinajstić information content (AvgIpc) is 3.34. The molecule has 0 fully saturated rings. The smallest absolute Gasteiger partial charge is 0.234 e. The van der Waals surface area contributed by atoms with Crippen molar-refractivity contribution in [3.63, 3.8) is 0 Å². The molecule has 0 aliphatic carbocycles. The van der Waals surface area contributed by atoms with Crippen LogP contribution in [0.1, 0.15) is 22.2 Å². The number of benzene rings is 1. The van der Waals surface area contributed by atoms with Crippen molar-refractivity contribution in [3.8, 4) is 0 Å². The summed E-state index contributed by atoms with van der Waals surface area (Å²) in [4.78, 5) is 16.1. The molecule has 4 nitrogen and oxygen atoms in total. The minimum Gasteiger partial charge on any atom is -0.355 e. The van der Waals surface area contributed by atoms with E-state index < -0.39 is 0 Å². The molecule has 1 unspecified atom stereocenters. The maximum absolute atomic E-state index is 12.5. The number of fused-ring (bicyclic) bond motifs is 1. The third-order valence-electron chi connectivity index (χ3n) is 4.87. The Bertz CT molecular complexity index is 841. The second-order valence-electron chi connectivity index (χ2n) is 6.59. The van der Waals surface area contributed by atoms with Gasteiger partial charge >= 0.3 is 0 Å². The first-order chi connectivity index (χ1) is 12.8. The van der Waals surface area contributed by atoms with Crippen LogP contribution in [0.5, 0.6) is 0 Å². The van der Waals surface area contributed by atoms with Crippen LogP contribution in [0.2, 0.25) is 0 Å². The molecule has 134 valence electrons. The molecule has 4 rings (SSSR count). The molecule has 0 spiro atoms. The van der Waals surface area contributed by atoms with Crippen molar-refractivity contribution in [2.75, 3.05) is 19.6 Å². The van der Waals surface area contributed by atoms with E-state index in [1.54, 1.807) is 11.3 Å². The number of thiophene rings is 1. The number of aromatic nitrogens is 1. The van der Waals surface area contributed by atoms with Crippen LogP contribution in [0, 0.1) is 0 Å². The molecule has 3 aromatic rings. The maximum atomic E-state index is 12.5. The van der Waals surface area contributed by atoms with E-state index >= 15 is 0 Å². The SMILES string of the molecule is O=C(CN1CCn2cccc2C1c1ccccc1)NCCc1cccs1. The summed E-state index contributed by atoms with van der Waals surface area (Å²) in [7, 11) is 0. The van der Waals surface area contributed by atoms with E-state index in [1.807, 2.05) is 6.07 Å². The van der Waals surface area contributed by atoms with Crippen molar-refractivity contribution in [1.82, 2.24) is 14.8 Å². The Morgan fingerprint density at radius 1 is 1.08 bits per heavy atom. The average molecular weight is 366 g/mol. The lowest BCUT2D eigenvalue weighted by atomic mass is 10.00. The maximum Gasteiger partial charge on any atom is 0.234 e. The predicted octanol–water partition coefficient (Wildman–Crippen LogP) is 3.31. The molecular formula is C21H23N3OS. The molecule has 26 heavy (non-hydrogen) atoms. The van der Waals surface area contributed by atoms with Gasteiger partial charge in [0.2, 0.25) is 5.91 Å². The lowest BCUT2D eigenvalue weighted by Crippen LogP contribution is -2.44. The highest BCUT2D eigenvalue weighted by atomic mass is 32.1. The quantitative estimate of drug-likeness (QED) is 0.728. The van der Waals surface area contributed by atoms with Crippen LogP contribution < -0.4 is 5.32 Å². The minimum absolute atomic E-state index is 0.0995. The van der Waals surface area contributed by atoms with Gasteiger partial charge in [0.15, 0.2) is 0 Å². The first-order valence-electron chi connectivity index (χ1n) is 9.04. The van der Waals surface area contributed by atoms with Gasteiger partial charge in [0.25, 0.3) is 0 Å². The number of nitrogens with zero attached hydrogens (tertiary/aromatic N) is 2. The number of carbonyl (C=O) groups is 1. The topological polar surface area (TPSA) is 37.3 Å². The van der Waals surface area contributed by atoms with Gasteiger partial charge in [0.05, 0.1) is 12.6 Å². The van der Waals surface area contributed by atoms with Crippen LogP contribution in [0.4, 0.5) is 0 Å². The van der Waals surface area contributed by atoms with Crippen LogP contribution in [-0.2, 0) is 17.8 Å². The van der Waals surface area contributed by atoms with Crippen LogP contribution in [-0.4, -0.2) is 35.0 Å². The van der Waals surface area contributed by atoms with Gasteiger partial charge in [-0.1, -0.05) is 36.4 Å².